The van der Waals surface area contributed by atoms with E-state index >= 15 is 0 Å². The molecule has 0 aromatic heterocycles. The number of nitrogens with zero attached hydrogens (tertiary/aromatic N) is 2. The Hall–Kier alpha value is -0.770. The molecule has 0 aromatic rings. The monoisotopic (exact) mass is 197 g/mol. The number of aliphatic imine (C=N–C) groups is 1. The van der Waals surface area contributed by atoms with Crippen LogP contribution in [0.3, 0.4) is 0 Å². The van der Waals surface area contributed by atoms with Crippen LogP contribution >= 0.6 is 0 Å². The van der Waals surface area contributed by atoms with Crippen LogP contribution in [-0.4, -0.2) is 49.2 Å². The quantitative estimate of drug-likeness (QED) is 0.663. The molecule has 0 radical (unpaired) electrons. The Bertz CT molecular complexity index is 229. The van der Waals surface area contributed by atoms with Crippen LogP contribution in [0.5, 0.6) is 0 Å². The Balaban J connectivity index is 2.04. The number of ether oxygens (including phenoxy) is 1. The third-order valence-corrected chi connectivity index (χ3v) is 2.87. The summed E-state index contributed by atoms with van der Waals surface area (Å²) in [7, 11) is 0. The minimum atomic E-state index is 0.322. The van der Waals surface area contributed by atoms with E-state index in [4.69, 9.17) is 4.74 Å². The molecule has 1 N–H and O–H groups in total. The van der Waals surface area contributed by atoms with Gasteiger partial charge < -0.3 is 15.0 Å². The lowest BCUT2D eigenvalue weighted by Crippen LogP contribution is -2.54. The molecule has 0 aliphatic carbocycles. The van der Waals surface area contributed by atoms with E-state index in [9.17, 15) is 0 Å². The fraction of sp³-hybridized carbons (Fsp3) is 0.900. The third-order valence-electron chi connectivity index (χ3n) is 2.87. The van der Waals surface area contributed by atoms with E-state index in [2.05, 4.69) is 29.1 Å². The van der Waals surface area contributed by atoms with Crippen LogP contribution in [0.15, 0.2) is 4.99 Å². The van der Waals surface area contributed by atoms with Crippen molar-refractivity contribution in [1.82, 2.24) is 10.2 Å². The van der Waals surface area contributed by atoms with Crippen LogP contribution in [0.4, 0.5) is 0 Å². The number of hydrogen-bond acceptors (Lipinski definition) is 4. The van der Waals surface area contributed by atoms with Gasteiger partial charge in [0.05, 0.1) is 25.3 Å². The maximum absolute atomic E-state index is 5.65. The van der Waals surface area contributed by atoms with Gasteiger partial charge in [-0.05, 0) is 13.3 Å². The fourth-order valence-corrected chi connectivity index (χ4v) is 2.02. The number of morpholine rings is 1. The van der Waals surface area contributed by atoms with Gasteiger partial charge in [0.25, 0.3) is 0 Å². The first kappa shape index (κ1) is 9.77. The Morgan fingerprint density at radius 2 is 2.50 bits per heavy atom. The van der Waals surface area contributed by atoms with Crippen molar-refractivity contribution in [2.45, 2.75) is 32.4 Å². The summed E-state index contributed by atoms with van der Waals surface area (Å²) in [6, 6.07) is 0.496. The zero-order valence-corrected chi connectivity index (χ0v) is 8.99. The molecule has 0 amide bonds. The molecule has 2 aliphatic heterocycles. The standard InChI is InChI=1S/C10H19N3O/c1-3-9-7-14-8(2)6-13(9)10-11-4-5-12-10/h8-9H,3-7H2,1-2H3,(H,11,12). The van der Waals surface area contributed by atoms with E-state index < -0.39 is 0 Å². The molecular weight excluding hydrogens is 178 g/mol. The number of guanidine groups is 1. The third kappa shape index (κ3) is 1.85. The summed E-state index contributed by atoms with van der Waals surface area (Å²) in [5.74, 6) is 1.08. The molecule has 0 spiro atoms. The van der Waals surface area contributed by atoms with E-state index in [1.54, 1.807) is 0 Å². The molecule has 2 aliphatic rings. The van der Waals surface area contributed by atoms with Crippen molar-refractivity contribution in [2.24, 2.45) is 4.99 Å². The predicted molar refractivity (Wildman–Crippen MR) is 56.5 cm³/mol. The van der Waals surface area contributed by atoms with Gasteiger partial charge in [-0.3, -0.25) is 4.99 Å². The van der Waals surface area contributed by atoms with Crippen LogP contribution in [0.1, 0.15) is 20.3 Å². The van der Waals surface area contributed by atoms with Crippen LogP contribution in [0, 0.1) is 0 Å². The van der Waals surface area contributed by atoms with Gasteiger partial charge in [0.1, 0.15) is 0 Å². The van der Waals surface area contributed by atoms with Crippen molar-refractivity contribution < 1.29 is 4.74 Å². The number of nitrogens with one attached hydrogen (secondary N) is 1. The van der Waals surface area contributed by atoms with E-state index in [0.29, 0.717) is 12.1 Å². The van der Waals surface area contributed by atoms with Crippen molar-refractivity contribution in [1.29, 1.82) is 0 Å². The van der Waals surface area contributed by atoms with Gasteiger partial charge in [-0.2, -0.15) is 0 Å². The minimum Gasteiger partial charge on any atom is -0.375 e. The van der Waals surface area contributed by atoms with Crippen molar-refractivity contribution in [2.75, 3.05) is 26.2 Å². The van der Waals surface area contributed by atoms with Crippen molar-refractivity contribution in [3.63, 3.8) is 0 Å². The van der Waals surface area contributed by atoms with Gasteiger partial charge >= 0.3 is 0 Å². The molecule has 1 fully saturated rings. The summed E-state index contributed by atoms with van der Waals surface area (Å²) >= 11 is 0. The highest BCUT2D eigenvalue weighted by Crippen LogP contribution is 2.15. The van der Waals surface area contributed by atoms with E-state index in [1.165, 1.54) is 0 Å². The van der Waals surface area contributed by atoms with Crippen LogP contribution in [-0.2, 0) is 4.74 Å². The summed E-state index contributed by atoms with van der Waals surface area (Å²) in [5.41, 5.74) is 0. The first-order valence-corrected chi connectivity index (χ1v) is 5.48. The highest BCUT2D eigenvalue weighted by atomic mass is 16.5. The van der Waals surface area contributed by atoms with E-state index in [0.717, 1.165) is 38.6 Å². The lowest BCUT2D eigenvalue weighted by molar-refractivity contribution is -0.0293. The number of hydrogen-bond donors (Lipinski definition) is 1. The second kappa shape index (κ2) is 4.17. The average molecular weight is 197 g/mol. The molecule has 2 rings (SSSR count). The SMILES string of the molecule is CCC1COC(C)CN1C1=NCCN1. The molecule has 0 saturated carbocycles. The van der Waals surface area contributed by atoms with Crippen molar-refractivity contribution >= 4 is 5.96 Å². The predicted octanol–water partition coefficient (Wildman–Crippen LogP) is 0.445. The first-order chi connectivity index (χ1) is 6.81. The van der Waals surface area contributed by atoms with Gasteiger partial charge in [-0.1, -0.05) is 6.92 Å². The molecule has 2 heterocycles. The Morgan fingerprint density at radius 3 is 3.14 bits per heavy atom. The molecule has 0 aromatic carbocycles. The summed E-state index contributed by atoms with van der Waals surface area (Å²) < 4.78 is 5.65. The molecule has 14 heavy (non-hydrogen) atoms. The number of rotatable bonds is 1. The highest BCUT2D eigenvalue weighted by Gasteiger charge is 2.28. The summed E-state index contributed by atoms with van der Waals surface area (Å²) in [4.78, 5) is 6.83. The van der Waals surface area contributed by atoms with E-state index in [1.807, 2.05) is 0 Å². The summed E-state index contributed by atoms with van der Waals surface area (Å²) in [5, 5.41) is 3.33. The Kier molecular flexibility index (Phi) is 2.91. The Morgan fingerprint density at radius 1 is 1.64 bits per heavy atom. The summed E-state index contributed by atoms with van der Waals surface area (Å²) in [6.07, 6.45) is 1.44. The van der Waals surface area contributed by atoms with Gasteiger partial charge in [-0.15, -0.1) is 0 Å². The van der Waals surface area contributed by atoms with Crippen LogP contribution < -0.4 is 5.32 Å². The molecule has 2 atom stereocenters. The normalized spacial score (nSPS) is 32.7. The highest BCUT2D eigenvalue weighted by molar-refractivity contribution is 5.81. The molecule has 0 bridgehead atoms. The minimum absolute atomic E-state index is 0.322. The lowest BCUT2D eigenvalue weighted by atomic mass is 10.1. The molecule has 4 heteroatoms. The zero-order valence-electron chi connectivity index (χ0n) is 8.99. The molecule has 2 unspecified atom stereocenters. The molecule has 1 saturated heterocycles. The topological polar surface area (TPSA) is 36.9 Å². The fourth-order valence-electron chi connectivity index (χ4n) is 2.02. The average Bonchev–Trinajstić information content (AvgIpc) is 2.70. The van der Waals surface area contributed by atoms with Gasteiger partial charge in [0.15, 0.2) is 5.96 Å². The summed E-state index contributed by atoms with van der Waals surface area (Å²) in [6.45, 7) is 8.01. The van der Waals surface area contributed by atoms with Gasteiger partial charge in [0.2, 0.25) is 0 Å². The zero-order chi connectivity index (χ0) is 9.97. The molecule has 80 valence electrons. The second-order valence-corrected chi connectivity index (χ2v) is 3.99. The molecule has 4 nitrogen and oxygen atoms in total. The van der Waals surface area contributed by atoms with Crippen molar-refractivity contribution in [3.8, 4) is 0 Å². The van der Waals surface area contributed by atoms with Crippen LogP contribution in [0.2, 0.25) is 0 Å². The lowest BCUT2D eigenvalue weighted by Gasteiger charge is -2.39. The van der Waals surface area contributed by atoms with Gasteiger partial charge in [0, 0.05) is 13.1 Å². The second-order valence-electron chi connectivity index (χ2n) is 3.99. The van der Waals surface area contributed by atoms with Crippen LogP contribution in [0.25, 0.3) is 0 Å². The largest absolute Gasteiger partial charge is 0.375 e. The van der Waals surface area contributed by atoms with Crippen molar-refractivity contribution in [3.05, 3.63) is 0 Å². The van der Waals surface area contributed by atoms with E-state index in [-0.39, 0.29) is 0 Å². The maximum Gasteiger partial charge on any atom is 0.194 e. The smallest absolute Gasteiger partial charge is 0.194 e. The maximum atomic E-state index is 5.65. The Labute approximate surface area is 85.3 Å². The molecular formula is C10H19N3O. The first-order valence-electron chi connectivity index (χ1n) is 5.48. The van der Waals surface area contributed by atoms with Gasteiger partial charge in [-0.25, -0.2) is 0 Å².